The van der Waals surface area contributed by atoms with Gasteiger partial charge in [-0.05, 0) is 56.0 Å². The maximum absolute atomic E-state index is 12.8. The summed E-state index contributed by atoms with van der Waals surface area (Å²) in [7, 11) is 0. The SMILES string of the molecule is N=C(Nc1ccc([S+]([O-])N2CCCCC2)cc1)c1c(NC2CCCCC2)cc[nH]c1=O. The van der Waals surface area contributed by atoms with Crippen molar-refractivity contribution in [1.29, 1.82) is 5.41 Å². The highest BCUT2D eigenvalue weighted by molar-refractivity contribution is 7.89. The Hall–Kier alpha value is -2.29. The maximum Gasteiger partial charge on any atom is 0.261 e. The van der Waals surface area contributed by atoms with E-state index in [9.17, 15) is 9.35 Å². The normalized spacial score (nSPS) is 19.0. The fourth-order valence-corrected chi connectivity index (χ4v) is 5.61. The van der Waals surface area contributed by atoms with Gasteiger partial charge in [-0.15, -0.1) is 4.31 Å². The Bertz CT molecular complexity index is 934. The lowest BCUT2D eigenvalue weighted by atomic mass is 9.95. The van der Waals surface area contributed by atoms with Crippen LogP contribution in [0.15, 0.2) is 46.2 Å². The molecule has 7 nitrogen and oxygen atoms in total. The van der Waals surface area contributed by atoms with Crippen LogP contribution in [0.4, 0.5) is 11.4 Å². The fourth-order valence-electron chi connectivity index (χ4n) is 4.36. The van der Waals surface area contributed by atoms with Crippen LogP contribution in [-0.4, -0.2) is 38.8 Å². The number of anilines is 2. The van der Waals surface area contributed by atoms with Gasteiger partial charge in [0.2, 0.25) is 0 Å². The Balaban J connectivity index is 1.45. The Morgan fingerprint density at radius 2 is 1.71 bits per heavy atom. The third-order valence-corrected chi connectivity index (χ3v) is 7.56. The predicted molar refractivity (Wildman–Crippen MR) is 126 cm³/mol. The van der Waals surface area contributed by atoms with E-state index < -0.39 is 11.4 Å². The lowest BCUT2D eigenvalue weighted by Gasteiger charge is -2.27. The number of aromatic nitrogens is 1. The second kappa shape index (κ2) is 10.3. The summed E-state index contributed by atoms with van der Waals surface area (Å²) in [6, 6.07) is 9.46. The topological polar surface area (TPSA) is 107 Å². The quantitative estimate of drug-likeness (QED) is 0.307. The molecular formula is C23H31N5O2S. The standard InChI is InChI=1S/C23H31N5O2S/c24-22(21-20(13-14-25-23(21)29)26-17-7-3-1-4-8-17)27-18-9-11-19(12-10-18)31(30)28-15-5-2-6-16-28/h9-14,17H,1-8,15-16H2,(H2,24,27)(H2,25,26,29). The molecule has 8 heteroatoms. The summed E-state index contributed by atoms with van der Waals surface area (Å²) in [6.07, 6.45) is 10.8. The Labute approximate surface area is 186 Å². The molecule has 2 fully saturated rings. The highest BCUT2D eigenvalue weighted by atomic mass is 32.2. The molecule has 31 heavy (non-hydrogen) atoms. The van der Waals surface area contributed by atoms with Gasteiger partial charge in [0.05, 0.1) is 17.0 Å². The number of aromatic amines is 1. The largest absolute Gasteiger partial charge is 0.593 e. The second-order valence-corrected chi connectivity index (χ2v) is 9.82. The van der Waals surface area contributed by atoms with Crippen LogP contribution in [0, 0.1) is 5.41 Å². The highest BCUT2D eigenvalue weighted by Gasteiger charge is 2.24. The second-order valence-electron chi connectivity index (χ2n) is 8.34. The summed E-state index contributed by atoms with van der Waals surface area (Å²) in [5, 5.41) is 15.0. The van der Waals surface area contributed by atoms with E-state index in [4.69, 9.17) is 5.41 Å². The van der Waals surface area contributed by atoms with Crippen molar-refractivity contribution in [2.75, 3.05) is 23.7 Å². The summed E-state index contributed by atoms with van der Waals surface area (Å²) in [5.74, 6) is 0.0464. The Morgan fingerprint density at radius 3 is 2.42 bits per heavy atom. The van der Waals surface area contributed by atoms with Crippen molar-refractivity contribution in [3.05, 3.63) is 52.4 Å². The van der Waals surface area contributed by atoms with E-state index in [0.29, 0.717) is 23.0 Å². The molecule has 166 valence electrons. The molecule has 0 bridgehead atoms. The van der Waals surface area contributed by atoms with Gasteiger partial charge in [0.1, 0.15) is 11.4 Å². The number of hydrogen-bond donors (Lipinski definition) is 4. The number of hydrogen-bond acceptors (Lipinski definition) is 5. The van der Waals surface area contributed by atoms with Crippen molar-refractivity contribution in [2.24, 2.45) is 0 Å². The molecule has 2 aliphatic rings. The van der Waals surface area contributed by atoms with Crippen molar-refractivity contribution in [3.8, 4) is 0 Å². The molecule has 1 aliphatic heterocycles. The van der Waals surface area contributed by atoms with Crippen LogP contribution in [-0.2, 0) is 11.4 Å². The first-order valence-corrected chi connectivity index (χ1v) is 12.3. The van der Waals surface area contributed by atoms with Gasteiger partial charge in [-0.2, -0.15) is 0 Å². The van der Waals surface area contributed by atoms with Crippen molar-refractivity contribution in [3.63, 3.8) is 0 Å². The van der Waals surface area contributed by atoms with Crippen LogP contribution >= 0.6 is 0 Å². The van der Waals surface area contributed by atoms with Gasteiger partial charge in [0.15, 0.2) is 4.90 Å². The fraction of sp³-hybridized carbons (Fsp3) is 0.478. The molecule has 0 radical (unpaired) electrons. The summed E-state index contributed by atoms with van der Waals surface area (Å²) in [4.78, 5) is 16.0. The molecule has 1 aliphatic carbocycles. The number of piperidine rings is 1. The zero-order valence-electron chi connectivity index (χ0n) is 17.8. The minimum Gasteiger partial charge on any atom is -0.593 e. The van der Waals surface area contributed by atoms with Gasteiger partial charge < -0.3 is 20.2 Å². The van der Waals surface area contributed by atoms with Crippen LogP contribution in [0.5, 0.6) is 0 Å². The Kier molecular flexibility index (Phi) is 7.32. The molecule has 1 saturated carbocycles. The molecule has 2 aromatic rings. The highest BCUT2D eigenvalue weighted by Crippen LogP contribution is 2.24. The van der Waals surface area contributed by atoms with E-state index in [2.05, 4.69) is 15.6 Å². The number of rotatable bonds is 6. The molecule has 4 rings (SSSR count). The summed E-state index contributed by atoms with van der Waals surface area (Å²) >= 11 is -1.15. The molecule has 1 saturated heterocycles. The van der Waals surface area contributed by atoms with Crippen molar-refractivity contribution >= 4 is 28.6 Å². The van der Waals surface area contributed by atoms with Crippen molar-refractivity contribution in [2.45, 2.75) is 62.3 Å². The molecule has 0 spiro atoms. The molecule has 1 unspecified atom stereocenters. The van der Waals surface area contributed by atoms with E-state index in [-0.39, 0.29) is 11.4 Å². The molecule has 1 aromatic heterocycles. The molecule has 1 aromatic carbocycles. The van der Waals surface area contributed by atoms with Gasteiger partial charge in [-0.1, -0.05) is 25.7 Å². The average Bonchev–Trinajstić information content (AvgIpc) is 2.80. The minimum absolute atomic E-state index is 0.0464. The summed E-state index contributed by atoms with van der Waals surface area (Å²) in [5.41, 5.74) is 1.41. The van der Waals surface area contributed by atoms with Crippen LogP contribution in [0.1, 0.15) is 56.9 Å². The van der Waals surface area contributed by atoms with E-state index in [0.717, 1.165) is 43.7 Å². The monoisotopic (exact) mass is 441 g/mol. The lowest BCUT2D eigenvalue weighted by Crippen LogP contribution is -2.35. The average molecular weight is 442 g/mol. The maximum atomic E-state index is 12.8. The number of amidine groups is 1. The van der Waals surface area contributed by atoms with E-state index >= 15 is 0 Å². The van der Waals surface area contributed by atoms with E-state index in [1.165, 1.54) is 25.7 Å². The van der Waals surface area contributed by atoms with Gasteiger partial charge in [-0.3, -0.25) is 10.2 Å². The molecule has 1 atom stereocenters. The summed E-state index contributed by atoms with van der Waals surface area (Å²) < 4.78 is 14.8. The van der Waals surface area contributed by atoms with Crippen LogP contribution in [0.25, 0.3) is 0 Å². The first-order valence-electron chi connectivity index (χ1n) is 11.2. The predicted octanol–water partition coefficient (Wildman–Crippen LogP) is 4.07. The molecule has 0 amide bonds. The van der Waals surface area contributed by atoms with Crippen LogP contribution < -0.4 is 16.2 Å². The minimum atomic E-state index is -1.15. The van der Waals surface area contributed by atoms with E-state index in [1.54, 1.807) is 6.20 Å². The lowest BCUT2D eigenvalue weighted by molar-refractivity contribution is 0.346. The Morgan fingerprint density at radius 1 is 1.03 bits per heavy atom. The van der Waals surface area contributed by atoms with Gasteiger partial charge in [0, 0.05) is 31.0 Å². The van der Waals surface area contributed by atoms with Crippen molar-refractivity contribution in [1.82, 2.24) is 9.29 Å². The summed E-state index contributed by atoms with van der Waals surface area (Å²) in [6.45, 7) is 1.73. The van der Waals surface area contributed by atoms with Crippen molar-refractivity contribution < 1.29 is 4.55 Å². The van der Waals surface area contributed by atoms with E-state index in [1.807, 2.05) is 34.6 Å². The smallest absolute Gasteiger partial charge is 0.261 e. The molecule has 2 heterocycles. The van der Waals surface area contributed by atoms with Crippen LogP contribution in [0.3, 0.4) is 0 Å². The molecular weight excluding hydrogens is 410 g/mol. The number of pyridine rings is 1. The number of nitrogens with one attached hydrogen (secondary N) is 4. The first-order chi connectivity index (χ1) is 15.1. The molecule has 4 N–H and O–H groups in total. The number of H-pyrrole nitrogens is 1. The third-order valence-electron chi connectivity index (χ3n) is 6.05. The number of benzene rings is 1. The van der Waals surface area contributed by atoms with Gasteiger partial charge in [0.25, 0.3) is 5.56 Å². The zero-order chi connectivity index (χ0) is 21.6. The third kappa shape index (κ3) is 5.50. The first kappa shape index (κ1) is 21.9. The number of nitrogens with zero attached hydrogens (tertiary/aromatic N) is 1. The van der Waals surface area contributed by atoms with Gasteiger partial charge in [-0.25, -0.2) is 0 Å². The zero-order valence-corrected chi connectivity index (χ0v) is 18.6. The van der Waals surface area contributed by atoms with Crippen LogP contribution in [0.2, 0.25) is 0 Å². The van der Waals surface area contributed by atoms with Gasteiger partial charge >= 0.3 is 0 Å².